The fraction of sp³-hybridized carbons (Fsp3) is 0.312. The molecule has 116 valence electrons. The van der Waals surface area contributed by atoms with Gasteiger partial charge >= 0.3 is 0 Å². The number of rotatable bonds is 5. The van der Waals surface area contributed by atoms with E-state index in [9.17, 15) is 4.79 Å². The van der Waals surface area contributed by atoms with Gasteiger partial charge in [-0.05, 0) is 19.9 Å². The van der Waals surface area contributed by atoms with Crippen molar-refractivity contribution in [1.29, 1.82) is 0 Å². The number of amides is 1. The van der Waals surface area contributed by atoms with Crippen LogP contribution in [0, 0.1) is 6.92 Å². The molecule has 1 aromatic heterocycles. The van der Waals surface area contributed by atoms with Crippen molar-refractivity contribution < 1.29 is 14.1 Å². The summed E-state index contributed by atoms with van der Waals surface area (Å²) in [6, 6.07) is 6.86. The van der Waals surface area contributed by atoms with E-state index < -0.39 is 6.04 Å². The predicted molar refractivity (Wildman–Crippen MR) is 81.4 cm³/mol. The van der Waals surface area contributed by atoms with Crippen LogP contribution in [0.1, 0.15) is 37.2 Å². The molecule has 0 spiro atoms. The standard InChI is InChI=1S/C16H19N3O3/c1-10(2)9-14(20)18-15(16-17-11(3)22-19-16)12-7-5-6-8-13(12)21-4/h5-9,15H,1-4H3,(H,18,20). The van der Waals surface area contributed by atoms with Gasteiger partial charge in [-0.3, -0.25) is 4.79 Å². The van der Waals surface area contributed by atoms with Crippen LogP contribution in [0.15, 0.2) is 40.4 Å². The molecule has 6 heteroatoms. The van der Waals surface area contributed by atoms with Gasteiger partial charge in [-0.2, -0.15) is 4.98 Å². The number of nitrogens with one attached hydrogen (secondary N) is 1. The largest absolute Gasteiger partial charge is 0.496 e. The fourth-order valence-electron chi connectivity index (χ4n) is 2.06. The molecule has 1 amide bonds. The van der Waals surface area contributed by atoms with Crippen LogP contribution < -0.4 is 10.1 Å². The Hall–Kier alpha value is -2.63. The van der Waals surface area contributed by atoms with Crippen molar-refractivity contribution in [2.24, 2.45) is 0 Å². The summed E-state index contributed by atoms with van der Waals surface area (Å²) >= 11 is 0. The molecule has 1 heterocycles. The molecular formula is C16H19N3O3. The molecule has 1 unspecified atom stereocenters. The molecule has 0 fully saturated rings. The van der Waals surface area contributed by atoms with E-state index in [0.29, 0.717) is 17.5 Å². The molecule has 1 aromatic carbocycles. The number of methoxy groups -OCH3 is 1. The molecule has 1 N–H and O–H groups in total. The Kier molecular flexibility index (Phi) is 4.93. The third kappa shape index (κ3) is 3.72. The van der Waals surface area contributed by atoms with Crippen LogP contribution in [0.2, 0.25) is 0 Å². The summed E-state index contributed by atoms with van der Waals surface area (Å²) in [4.78, 5) is 16.3. The van der Waals surface area contributed by atoms with Gasteiger partial charge in [0.05, 0.1) is 7.11 Å². The highest BCUT2D eigenvalue weighted by molar-refractivity contribution is 5.88. The zero-order chi connectivity index (χ0) is 16.1. The molecule has 6 nitrogen and oxygen atoms in total. The SMILES string of the molecule is COc1ccccc1C(NC(=O)C=C(C)C)c1noc(C)n1. The Morgan fingerprint density at radius 3 is 2.68 bits per heavy atom. The van der Waals surface area contributed by atoms with Crippen molar-refractivity contribution in [2.75, 3.05) is 7.11 Å². The van der Waals surface area contributed by atoms with Gasteiger partial charge in [-0.25, -0.2) is 0 Å². The number of benzene rings is 1. The molecule has 2 rings (SSSR count). The minimum Gasteiger partial charge on any atom is -0.496 e. The highest BCUT2D eigenvalue weighted by atomic mass is 16.5. The minimum absolute atomic E-state index is 0.224. The van der Waals surface area contributed by atoms with Crippen molar-refractivity contribution >= 4 is 5.91 Å². The molecule has 0 aliphatic heterocycles. The molecule has 0 bridgehead atoms. The van der Waals surface area contributed by atoms with Gasteiger partial charge in [-0.1, -0.05) is 28.9 Å². The smallest absolute Gasteiger partial charge is 0.244 e. The summed E-state index contributed by atoms with van der Waals surface area (Å²) in [7, 11) is 1.58. The maximum absolute atomic E-state index is 12.1. The zero-order valence-electron chi connectivity index (χ0n) is 13.1. The van der Waals surface area contributed by atoms with Crippen molar-refractivity contribution in [3.63, 3.8) is 0 Å². The van der Waals surface area contributed by atoms with Crippen LogP contribution in [-0.2, 0) is 4.79 Å². The molecule has 0 saturated heterocycles. The monoisotopic (exact) mass is 301 g/mol. The molecule has 0 aliphatic rings. The van der Waals surface area contributed by atoms with E-state index >= 15 is 0 Å². The minimum atomic E-state index is -0.545. The third-order valence-corrected chi connectivity index (χ3v) is 2.96. The van der Waals surface area contributed by atoms with Gasteiger partial charge in [0.1, 0.15) is 11.8 Å². The second-order valence-corrected chi connectivity index (χ2v) is 5.08. The van der Waals surface area contributed by atoms with E-state index in [0.717, 1.165) is 11.1 Å². The maximum Gasteiger partial charge on any atom is 0.244 e. The Morgan fingerprint density at radius 2 is 2.09 bits per heavy atom. The lowest BCUT2D eigenvalue weighted by Crippen LogP contribution is -2.29. The third-order valence-electron chi connectivity index (χ3n) is 2.96. The molecule has 0 radical (unpaired) electrons. The van der Waals surface area contributed by atoms with Crippen LogP contribution in [0.25, 0.3) is 0 Å². The summed E-state index contributed by atoms with van der Waals surface area (Å²) in [6.45, 7) is 5.42. The highest BCUT2D eigenvalue weighted by Gasteiger charge is 2.24. The van der Waals surface area contributed by atoms with Gasteiger partial charge in [0, 0.05) is 18.6 Å². The van der Waals surface area contributed by atoms with Gasteiger partial charge < -0.3 is 14.6 Å². The Labute approximate surface area is 129 Å². The van der Waals surface area contributed by atoms with Gasteiger partial charge in [0.15, 0.2) is 5.82 Å². The van der Waals surface area contributed by atoms with E-state index in [1.165, 1.54) is 6.08 Å². The van der Waals surface area contributed by atoms with E-state index in [4.69, 9.17) is 9.26 Å². The van der Waals surface area contributed by atoms with E-state index in [1.54, 1.807) is 14.0 Å². The lowest BCUT2D eigenvalue weighted by Gasteiger charge is -2.17. The Morgan fingerprint density at radius 1 is 1.36 bits per heavy atom. The van der Waals surface area contributed by atoms with Crippen LogP contribution in [0.3, 0.4) is 0 Å². The second kappa shape index (κ2) is 6.89. The topological polar surface area (TPSA) is 77.2 Å². The van der Waals surface area contributed by atoms with Crippen LogP contribution in [0.4, 0.5) is 0 Å². The van der Waals surface area contributed by atoms with Gasteiger partial charge in [0.25, 0.3) is 0 Å². The summed E-state index contributed by atoms with van der Waals surface area (Å²) < 4.78 is 10.4. The number of carbonyl (C=O) groups is 1. The molecule has 22 heavy (non-hydrogen) atoms. The summed E-state index contributed by atoms with van der Waals surface area (Å²) in [5.41, 5.74) is 1.67. The van der Waals surface area contributed by atoms with Crippen molar-refractivity contribution in [3.8, 4) is 5.75 Å². The zero-order valence-corrected chi connectivity index (χ0v) is 13.1. The second-order valence-electron chi connectivity index (χ2n) is 5.08. The Bertz CT molecular complexity index is 687. The molecule has 2 aromatic rings. The number of nitrogens with zero attached hydrogens (tertiary/aromatic N) is 2. The number of ether oxygens (including phenoxy) is 1. The van der Waals surface area contributed by atoms with E-state index in [2.05, 4.69) is 15.5 Å². The van der Waals surface area contributed by atoms with E-state index in [-0.39, 0.29) is 5.91 Å². The first kappa shape index (κ1) is 15.8. The number of hydrogen-bond donors (Lipinski definition) is 1. The highest BCUT2D eigenvalue weighted by Crippen LogP contribution is 2.28. The number of para-hydroxylation sites is 1. The summed E-state index contributed by atoms with van der Waals surface area (Å²) in [5, 5.41) is 6.81. The van der Waals surface area contributed by atoms with Crippen LogP contribution in [-0.4, -0.2) is 23.2 Å². The Balaban J connectivity index is 2.41. The van der Waals surface area contributed by atoms with Gasteiger partial charge in [-0.15, -0.1) is 0 Å². The first-order chi connectivity index (χ1) is 10.5. The lowest BCUT2D eigenvalue weighted by molar-refractivity contribution is -0.117. The summed E-state index contributed by atoms with van der Waals surface area (Å²) in [5.74, 6) is 1.25. The van der Waals surface area contributed by atoms with Crippen molar-refractivity contribution in [3.05, 3.63) is 53.2 Å². The number of allylic oxidation sites excluding steroid dienone is 1. The average molecular weight is 301 g/mol. The van der Waals surface area contributed by atoms with Crippen molar-refractivity contribution in [2.45, 2.75) is 26.8 Å². The normalized spacial score (nSPS) is 11.6. The number of hydrogen-bond acceptors (Lipinski definition) is 5. The quantitative estimate of drug-likeness (QED) is 0.859. The molecule has 0 aliphatic carbocycles. The van der Waals surface area contributed by atoms with E-state index in [1.807, 2.05) is 38.1 Å². The van der Waals surface area contributed by atoms with Crippen LogP contribution >= 0.6 is 0 Å². The molecular weight excluding hydrogens is 282 g/mol. The predicted octanol–water partition coefficient (Wildman–Crippen LogP) is 2.56. The molecule has 1 atom stereocenters. The first-order valence-electron chi connectivity index (χ1n) is 6.89. The maximum atomic E-state index is 12.1. The number of carbonyl (C=O) groups excluding carboxylic acids is 1. The number of aryl methyl sites for hydroxylation is 1. The fourth-order valence-corrected chi connectivity index (χ4v) is 2.06. The molecule has 0 saturated carbocycles. The van der Waals surface area contributed by atoms with Crippen LogP contribution in [0.5, 0.6) is 5.75 Å². The lowest BCUT2D eigenvalue weighted by atomic mass is 10.0. The first-order valence-corrected chi connectivity index (χ1v) is 6.89. The van der Waals surface area contributed by atoms with Crippen molar-refractivity contribution in [1.82, 2.24) is 15.5 Å². The summed E-state index contributed by atoms with van der Waals surface area (Å²) in [6.07, 6.45) is 1.52. The average Bonchev–Trinajstić information content (AvgIpc) is 2.90. The number of aromatic nitrogens is 2. The van der Waals surface area contributed by atoms with Gasteiger partial charge in [0.2, 0.25) is 11.8 Å².